The van der Waals surface area contributed by atoms with E-state index in [1.165, 1.54) is 12.1 Å². The van der Waals surface area contributed by atoms with Crippen LogP contribution in [-0.2, 0) is 19.1 Å². The topological polar surface area (TPSA) is 89.5 Å². The largest absolute Gasteiger partial charge is 0.446 e. The second kappa shape index (κ2) is 7.12. The van der Waals surface area contributed by atoms with Crippen LogP contribution < -0.4 is 5.32 Å². The molecule has 1 N–H and O–H groups in total. The van der Waals surface area contributed by atoms with Gasteiger partial charge in [-0.2, -0.15) is 17.2 Å². The summed E-state index contributed by atoms with van der Waals surface area (Å²) in [4.78, 5) is 24.3. The van der Waals surface area contributed by atoms with E-state index in [0.29, 0.717) is 37.0 Å². The van der Waals surface area contributed by atoms with E-state index in [2.05, 4.69) is 9.50 Å². The molecule has 6 nitrogen and oxygen atoms in total. The van der Waals surface area contributed by atoms with Crippen LogP contribution >= 0.6 is 0 Å². The molecule has 4 aliphatic rings. The highest BCUT2D eigenvalue weighted by molar-refractivity contribution is 7.88. The van der Waals surface area contributed by atoms with E-state index in [1.807, 2.05) is 0 Å². The maximum absolute atomic E-state index is 14.5. The highest BCUT2D eigenvalue weighted by Crippen LogP contribution is 2.55. The maximum Gasteiger partial charge on any atom is 0.446 e. The Hall–Kier alpha value is -1.87. The highest BCUT2D eigenvalue weighted by Gasteiger charge is 2.58. The first kappa shape index (κ1) is 20.4. The van der Waals surface area contributed by atoms with Crippen molar-refractivity contribution >= 4 is 21.8 Å². The lowest BCUT2D eigenvalue weighted by Crippen LogP contribution is -2.63. The Morgan fingerprint density at radius 3 is 2.07 bits per heavy atom. The summed E-state index contributed by atoms with van der Waals surface area (Å²) in [7, 11) is -5.61. The Morgan fingerprint density at radius 1 is 1.03 bits per heavy atom. The van der Waals surface area contributed by atoms with Gasteiger partial charge in [-0.3, -0.25) is 13.8 Å². The summed E-state index contributed by atoms with van der Waals surface area (Å²) >= 11 is 0. The number of hydrogen-bond donors (Lipinski definition) is 1. The number of hydrogen-bond acceptors (Lipinski definition) is 5. The average Bonchev–Trinajstić information content (AvgIpc) is 2.65. The summed E-state index contributed by atoms with van der Waals surface area (Å²) in [5.74, 6) is -1.46. The molecule has 29 heavy (non-hydrogen) atoms. The highest BCUT2D eigenvalue weighted by atomic mass is 32.2. The summed E-state index contributed by atoms with van der Waals surface area (Å²) < 4.78 is 57.3. The fourth-order valence-corrected chi connectivity index (χ4v) is 6.29. The van der Waals surface area contributed by atoms with Gasteiger partial charge in [0.15, 0.2) is 5.78 Å². The molecule has 0 radical (unpaired) electrons. The smallest absolute Gasteiger partial charge is 0.344 e. The minimum Gasteiger partial charge on any atom is -0.344 e. The molecule has 1 amide bonds. The molecule has 0 unspecified atom stereocenters. The number of Topliss-reactive ketones (excluding diaryl/α,β-unsaturated/α-hetero) is 1. The second-order valence-electron chi connectivity index (χ2n) is 8.67. The van der Waals surface area contributed by atoms with Gasteiger partial charge in [0.05, 0.1) is 0 Å². The Balaban J connectivity index is 1.42. The van der Waals surface area contributed by atoms with Crippen LogP contribution in [0.1, 0.15) is 48.9 Å². The van der Waals surface area contributed by atoms with E-state index in [9.17, 15) is 26.8 Å². The van der Waals surface area contributed by atoms with Crippen molar-refractivity contribution in [2.45, 2.75) is 49.3 Å². The van der Waals surface area contributed by atoms with Crippen LogP contribution in [0.3, 0.4) is 0 Å². The molecule has 4 saturated carbocycles. The zero-order valence-corrected chi connectivity index (χ0v) is 16.6. The van der Waals surface area contributed by atoms with Crippen molar-refractivity contribution in [2.75, 3.05) is 6.61 Å². The average molecular weight is 427 g/mol. The van der Waals surface area contributed by atoms with Gasteiger partial charge in [0.25, 0.3) is 0 Å². The number of halogens is 2. The molecule has 0 heterocycles. The molecule has 0 spiro atoms. The molecule has 158 valence electrons. The number of carbonyl (C=O) groups is 2. The predicted octanol–water partition coefficient (Wildman–Crippen LogP) is 2.89. The quantitative estimate of drug-likeness (QED) is 0.534. The third-order valence-corrected chi connectivity index (χ3v) is 7.68. The van der Waals surface area contributed by atoms with Crippen LogP contribution in [0.15, 0.2) is 30.3 Å². The third kappa shape index (κ3) is 3.82. The third-order valence-electron chi connectivity index (χ3n) is 6.44. The molecule has 4 bridgehead atoms. The predicted molar refractivity (Wildman–Crippen MR) is 99.6 cm³/mol. The van der Waals surface area contributed by atoms with Gasteiger partial charge < -0.3 is 5.32 Å². The molecular weight excluding hydrogens is 404 g/mol. The van der Waals surface area contributed by atoms with E-state index < -0.39 is 39.2 Å². The fourth-order valence-electron chi connectivity index (χ4n) is 5.60. The van der Waals surface area contributed by atoms with E-state index in [1.54, 1.807) is 18.2 Å². The van der Waals surface area contributed by atoms with E-state index in [-0.39, 0.29) is 5.56 Å². The number of benzene rings is 1. The summed E-state index contributed by atoms with van der Waals surface area (Å²) in [6, 6.07) is 7.58. The van der Waals surface area contributed by atoms with Crippen LogP contribution in [0.2, 0.25) is 0 Å². The molecule has 0 aromatic heterocycles. The van der Waals surface area contributed by atoms with E-state index in [0.717, 1.165) is 19.3 Å². The lowest BCUT2D eigenvalue weighted by molar-refractivity contribution is -0.142. The van der Waals surface area contributed by atoms with Crippen molar-refractivity contribution in [3.05, 3.63) is 35.9 Å². The standard InChI is InChI=1S/C20H23F2NO5S/c21-20(22,29(26,27)28-12-17(24)16-4-2-1-3-5-16)18(25)23-19-9-13-6-14(10-19)8-15(7-13)11-19/h1-5,13-15H,6-12H2,(H,23,25)/t13-,14+,15?,19?. The number of ketones is 1. The Morgan fingerprint density at radius 2 is 1.55 bits per heavy atom. The first-order valence-corrected chi connectivity index (χ1v) is 11.2. The maximum atomic E-state index is 14.5. The van der Waals surface area contributed by atoms with Crippen LogP contribution in [0.25, 0.3) is 0 Å². The van der Waals surface area contributed by atoms with Crippen molar-refractivity contribution < 1.29 is 31.0 Å². The Bertz CT molecular complexity index is 881. The molecule has 0 atom stereocenters. The van der Waals surface area contributed by atoms with Gasteiger partial charge in [0.2, 0.25) is 0 Å². The number of rotatable bonds is 7. The van der Waals surface area contributed by atoms with Crippen LogP contribution in [0.5, 0.6) is 0 Å². The molecule has 5 rings (SSSR count). The van der Waals surface area contributed by atoms with Crippen LogP contribution in [0.4, 0.5) is 8.78 Å². The first-order chi connectivity index (χ1) is 13.6. The van der Waals surface area contributed by atoms with Crippen molar-refractivity contribution in [3.8, 4) is 0 Å². The SMILES string of the molecule is O=C(COS(=O)(=O)C(F)(F)C(=O)NC12CC3C[C@H](C1)C[C@@H](C3)C2)c1ccccc1. The summed E-state index contributed by atoms with van der Waals surface area (Å²) in [6.45, 7) is -1.09. The summed E-state index contributed by atoms with van der Waals surface area (Å²) in [5, 5.41) is -2.41. The minimum atomic E-state index is -5.61. The number of carbonyl (C=O) groups excluding carboxylic acids is 2. The van der Waals surface area contributed by atoms with Gasteiger partial charge >= 0.3 is 21.3 Å². The zero-order valence-electron chi connectivity index (χ0n) is 15.8. The normalized spacial score (nSPS) is 30.9. The molecule has 1 aromatic carbocycles. The Kier molecular flexibility index (Phi) is 5.01. The molecular formula is C20H23F2NO5S. The van der Waals surface area contributed by atoms with E-state index >= 15 is 0 Å². The molecule has 4 fully saturated rings. The summed E-state index contributed by atoms with van der Waals surface area (Å²) in [5.41, 5.74) is -0.631. The molecule has 0 saturated heterocycles. The molecule has 0 aliphatic heterocycles. The van der Waals surface area contributed by atoms with Crippen LogP contribution in [-0.4, -0.2) is 37.5 Å². The number of alkyl halides is 2. The fraction of sp³-hybridized carbons (Fsp3) is 0.600. The van der Waals surface area contributed by atoms with Gasteiger partial charge in [-0.1, -0.05) is 30.3 Å². The summed E-state index contributed by atoms with van der Waals surface area (Å²) in [6.07, 6.45) is 4.97. The second-order valence-corrected chi connectivity index (χ2v) is 10.3. The van der Waals surface area contributed by atoms with Crippen LogP contribution in [0, 0.1) is 17.8 Å². The van der Waals surface area contributed by atoms with E-state index in [4.69, 9.17) is 0 Å². The monoisotopic (exact) mass is 427 g/mol. The lowest BCUT2D eigenvalue weighted by Gasteiger charge is -2.57. The van der Waals surface area contributed by atoms with Crippen molar-refractivity contribution in [1.82, 2.24) is 5.32 Å². The lowest BCUT2D eigenvalue weighted by atomic mass is 9.53. The number of amides is 1. The first-order valence-electron chi connectivity index (χ1n) is 9.78. The zero-order chi connectivity index (χ0) is 20.9. The van der Waals surface area contributed by atoms with Gasteiger partial charge in [-0.25, -0.2) is 0 Å². The van der Waals surface area contributed by atoms with Gasteiger partial charge in [-0.15, -0.1) is 0 Å². The Labute approximate surface area is 168 Å². The molecule has 9 heteroatoms. The molecule has 4 aliphatic carbocycles. The van der Waals surface area contributed by atoms with Gasteiger partial charge in [-0.05, 0) is 56.3 Å². The number of nitrogens with one attached hydrogen (secondary N) is 1. The van der Waals surface area contributed by atoms with Gasteiger partial charge in [0, 0.05) is 11.1 Å². The minimum absolute atomic E-state index is 0.129. The molecule has 1 aromatic rings. The van der Waals surface area contributed by atoms with Gasteiger partial charge in [0.1, 0.15) is 6.61 Å². The van der Waals surface area contributed by atoms with Crippen molar-refractivity contribution in [1.29, 1.82) is 0 Å². The van der Waals surface area contributed by atoms with Crippen molar-refractivity contribution in [2.24, 2.45) is 17.8 Å². The van der Waals surface area contributed by atoms with Crippen molar-refractivity contribution in [3.63, 3.8) is 0 Å².